The van der Waals surface area contributed by atoms with Gasteiger partial charge >= 0.3 is 0 Å². The third kappa shape index (κ3) is 2.61. The molecule has 0 amide bonds. The highest BCUT2D eigenvalue weighted by molar-refractivity contribution is 9.10. The molecule has 0 radical (unpaired) electrons. The summed E-state index contributed by atoms with van der Waals surface area (Å²) in [6, 6.07) is 8.60. The van der Waals surface area contributed by atoms with Crippen molar-refractivity contribution in [2.45, 2.75) is 26.8 Å². The van der Waals surface area contributed by atoms with Crippen LogP contribution in [0.15, 0.2) is 28.7 Å². The molecule has 1 nitrogen and oxygen atoms in total. The summed E-state index contributed by atoms with van der Waals surface area (Å²) in [4.78, 5) is 2.52. The van der Waals surface area contributed by atoms with Crippen LogP contribution in [-0.2, 0) is 6.54 Å². The van der Waals surface area contributed by atoms with Gasteiger partial charge in [-0.1, -0.05) is 41.9 Å². The monoisotopic (exact) mass is 267 g/mol. The largest absolute Gasteiger partial charge is 0.298 e. The van der Waals surface area contributed by atoms with Crippen LogP contribution in [0.4, 0.5) is 0 Å². The average molecular weight is 268 g/mol. The number of hydrogen-bond acceptors (Lipinski definition) is 1. The maximum Gasteiger partial charge on any atom is 0.0234 e. The Kier molecular flexibility index (Phi) is 3.17. The van der Waals surface area contributed by atoms with Gasteiger partial charge in [-0.2, -0.15) is 0 Å². The molecule has 0 aliphatic carbocycles. The van der Waals surface area contributed by atoms with Gasteiger partial charge in [-0.25, -0.2) is 0 Å². The van der Waals surface area contributed by atoms with Crippen LogP contribution in [0.2, 0.25) is 0 Å². The predicted octanol–water partition coefficient (Wildman–Crippen LogP) is 3.68. The summed E-state index contributed by atoms with van der Waals surface area (Å²) in [7, 11) is 0. The highest BCUT2D eigenvalue weighted by Crippen LogP contribution is 2.33. The van der Waals surface area contributed by atoms with E-state index in [1.165, 1.54) is 29.5 Å². The molecule has 1 aromatic rings. The van der Waals surface area contributed by atoms with Gasteiger partial charge in [-0.05, 0) is 29.5 Å². The standard InChI is InChI=1S/C13H18BrN/c1-3-13(2)9-15(10-13)8-11-5-4-6-12(14)7-11/h4-7H,3,8-10H2,1-2H3. The van der Waals surface area contributed by atoms with Gasteiger partial charge in [0.05, 0.1) is 0 Å². The molecule has 0 saturated carbocycles. The first-order chi connectivity index (χ1) is 7.11. The Bertz CT molecular complexity index is 342. The molecule has 0 unspecified atom stereocenters. The number of nitrogens with zero attached hydrogens (tertiary/aromatic N) is 1. The Hall–Kier alpha value is -0.340. The molecule has 82 valence electrons. The maximum absolute atomic E-state index is 3.51. The molecule has 1 fully saturated rings. The van der Waals surface area contributed by atoms with Gasteiger partial charge in [0.15, 0.2) is 0 Å². The van der Waals surface area contributed by atoms with E-state index < -0.39 is 0 Å². The summed E-state index contributed by atoms with van der Waals surface area (Å²) in [5, 5.41) is 0. The summed E-state index contributed by atoms with van der Waals surface area (Å²) < 4.78 is 1.18. The molecule has 2 heteroatoms. The van der Waals surface area contributed by atoms with E-state index >= 15 is 0 Å². The number of benzene rings is 1. The molecule has 0 N–H and O–H groups in total. The normalized spacial score (nSPS) is 19.9. The van der Waals surface area contributed by atoms with Crippen molar-refractivity contribution in [1.82, 2.24) is 4.90 Å². The van der Waals surface area contributed by atoms with Crippen LogP contribution in [0.3, 0.4) is 0 Å². The lowest BCUT2D eigenvalue weighted by atomic mass is 9.79. The lowest BCUT2D eigenvalue weighted by Gasteiger charge is -2.48. The fourth-order valence-electron chi connectivity index (χ4n) is 2.26. The number of hydrogen-bond donors (Lipinski definition) is 0. The summed E-state index contributed by atoms with van der Waals surface area (Å²) in [5.41, 5.74) is 1.98. The lowest BCUT2D eigenvalue weighted by Crippen LogP contribution is -2.53. The second-order valence-electron chi connectivity index (χ2n) is 4.94. The zero-order chi connectivity index (χ0) is 10.9. The van der Waals surface area contributed by atoms with Gasteiger partial charge in [0.2, 0.25) is 0 Å². The van der Waals surface area contributed by atoms with E-state index in [0.29, 0.717) is 5.41 Å². The Labute approximate surface area is 101 Å². The molecule has 1 saturated heterocycles. The van der Waals surface area contributed by atoms with Crippen molar-refractivity contribution in [3.63, 3.8) is 0 Å². The van der Waals surface area contributed by atoms with Gasteiger partial charge in [0.1, 0.15) is 0 Å². The third-order valence-corrected chi connectivity index (χ3v) is 3.85. The molecule has 1 aromatic carbocycles. The molecule has 0 spiro atoms. The van der Waals surface area contributed by atoms with Crippen LogP contribution < -0.4 is 0 Å². The highest BCUT2D eigenvalue weighted by atomic mass is 79.9. The summed E-state index contributed by atoms with van der Waals surface area (Å²) in [5.74, 6) is 0. The zero-order valence-electron chi connectivity index (χ0n) is 9.46. The second kappa shape index (κ2) is 4.26. The van der Waals surface area contributed by atoms with E-state index in [-0.39, 0.29) is 0 Å². The first-order valence-electron chi connectivity index (χ1n) is 5.58. The van der Waals surface area contributed by atoms with E-state index in [1.54, 1.807) is 0 Å². The van der Waals surface area contributed by atoms with E-state index in [4.69, 9.17) is 0 Å². The SMILES string of the molecule is CCC1(C)CN(Cc2cccc(Br)c2)C1. The van der Waals surface area contributed by atoms with Crippen molar-refractivity contribution >= 4 is 15.9 Å². The minimum atomic E-state index is 0.575. The van der Waals surface area contributed by atoms with Crippen molar-refractivity contribution in [3.05, 3.63) is 34.3 Å². The van der Waals surface area contributed by atoms with Crippen LogP contribution in [0.25, 0.3) is 0 Å². The van der Waals surface area contributed by atoms with Crippen molar-refractivity contribution in [3.8, 4) is 0 Å². The fourth-order valence-corrected chi connectivity index (χ4v) is 2.71. The highest BCUT2D eigenvalue weighted by Gasteiger charge is 2.36. The van der Waals surface area contributed by atoms with E-state index in [2.05, 4.69) is 58.9 Å². The summed E-state index contributed by atoms with van der Waals surface area (Å²) in [6.45, 7) is 8.25. The van der Waals surface area contributed by atoms with E-state index in [9.17, 15) is 0 Å². The zero-order valence-corrected chi connectivity index (χ0v) is 11.0. The predicted molar refractivity (Wildman–Crippen MR) is 67.8 cm³/mol. The molecular formula is C13H18BrN. The second-order valence-corrected chi connectivity index (χ2v) is 5.85. The van der Waals surface area contributed by atoms with Gasteiger partial charge in [0, 0.05) is 24.1 Å². The molecule has 15 heavy (non-hydrogen) atoms. The molecule has 2 rings (SSSR count). The topological polar surface area (TPSA) is 3.24 Å². The van der Waals surface area contributed by atoms with E-state index in [0.717, 1.165) is 6.54 Å². The number of likely N-dealkylation sites (tertiary alicyclic amines) is 1. The first-order valence-corrected chi connectivity index (χ1v) is 6.37. The van der Waals surface area contributed by atoms with Gasteiger partial charge in [-0.3, -0.25) is 4.90 Å². The molecule has 0 aromatic heterocycles. The van der Waals surface area contributed by atoms with Gasteiger partial charge in [-0.15, -0.1) is 0 Å². The summed E-state index contributed by atoms with van der Waals surface area (Å²) >= 11 is 3.51. The Morgan fingerprint density at radius 3 is 2.73 bits per heavy atom. The molecule has 1 aliphatic heterocycles. The fraction of sp³-hybridized carbons (Fsp3) is 0.538. The van der Waals surface area contributed by atoms with Crippen molar-refractivity contribution in [1.29, 1.82) is 0 Å². The van der Waals surface area contributed by atoms with Gasteiger partial charge in [0.25, 0.3) is 0 Å². The molecular weight excluding hydrogens is 250 g/mol. The van der Waals surface area contributed by atoms with Gasteiger partial charge < -0.3 is 0 Å². The average Bonchev–Trinajstić information content (AvgIpc) is 2.15. The van der Waals surface area contributed by atoms with Crippen LogP contribution in [0, 0.1) is 5.41 Å². The minimum Gasteiger partial charge on any atom is -0.298 e. The van der Waals surface area contributed by atoms with E-state index in [1.807, 2.05) is 0 Å². The smallest absolute Gasteiger partial charge is 0.0234 e. The maximum atomic E-state index is 3.51. The van der Waals surface area contributed by atoms with Crippen molar-refractivity contribution < 1.29 is 0 Å². The minimum absolute atomic E-state index is 0.575. The number of rotatable bonds is 3. The Balaban J connectivity index is 1.90. The van der Waals surface area contributed by atoms with Crippen LogP contribution in [0.1, 0.15) is 25.8 Å². The Morgan fingerprint density at radius 2 is 2.13 bits per heavy atom. The third-order valence-electron chi connectivity index (χ3n) is 3.36. The quantitative estimate of drug-likeness (QED) is 0.808. The molecule has 1 aliphatic rings. The lowest BCUT2D eigenvalue weighted by molar-refractivity contribution is 0.00620. The van der Waals surface area contributed by atoms with Crippen LogP contribution >= 0.6 is 15.9 Å². The van der Waals surface area contributed by atoms with Crippen molar-refractivity contribution in [2.24, 2.45) is 5.41 Å². The van der Waals surface area contributed by atoms with Crippen molar-refractivity contribution in [2.75, 3.05) is 13.1 Å². The van der Waals surface area contributed by atoms with Crippen LogP contribution in [-0.4, -0.2) is 18.0 Å². The molecule has 1 heterocycles. The Morgan fingerprint density at radius 1 is 1.40 bits per heavy atom. The molecule has 0 bridgehead atoms. The number of halogens is 1. The first kappa shape index (κ1) is 11.2. The van der Waals surface area contributed by atoms with Crippen LogP contribution in [0.5, 0.6) is 0 Å². The summed E-state index contributed by atoms with van der Waals surface area (Å²) in [6.07, 6.45) is 1.29. The molecule has 0 atom stereocenters.